The molecule has 2 aromatic carbocycles. The van der Waals surface area contributed by atoms with E-state index in [1.54, 1.807) is 6.07 Å². The van der Waals surface area contributed by atoms with Crippen molar-refractivity contribution in [2.24, 2.45) is 0 Å². The average Bonchev–Trinajstić information content (AvgIpc) is 2.66. The summed E-state index contributed by atoms with van der Waals surface area (Å²) in [4.78, 5) is 11.2. The van der Waals surface area contributed by atoms with E-state index in [2.05, 4.69) is 5.32 Å². The number of sulfonamides is 1. The van der Waals surface area contributed by atoms with Crippen molar-refractivity contribution in [3.8, 4) is 17.6 Å². The van der Waals surface area contributed by atoms with E-state index in [0.29, 0.717) is 0 Å². The van der Waals surface area contributed by atoms with Gasteiger partial charge >= 0.3 is 0 Å². The number of piperazine rings is 1. The summed E-state index contributed by atoms with van der Waals surface area (Å²) in [6, 6.07) is 5.93. The fourth-order valence-electron chi connectivity index (χ4n) is 2.40. The first-order valence-corrected chi connectivity index (χ1v) is 9.78. The van der Waals surface area contributed by atoms with Crippen molar-refractivity contribution in [3.63, 3.8) is 0 Å². The Morgan fingerprint density at radius 1 is 1.30 bits per heavy atom. The number of nitrogens with one attached hydrogen (secondary N) is 1. The predicted octanol–water partition coefficient (Wildman–Crippen LogP) is 2.78. The van der Waals surface area contributed by atoms with Crippen LogP contribution in [0.4, 0.5) is 0 Å². The molecule has 10 heteroatoms. The van der Waals surface area contributed by atoms with E-state index in [0.717, 1.165) is 16.4 Å². The molecular formula is C17H13Cl2N3O4S. The van der Waals surface area contributed by atoms with Crippen LogP contribution in [-0.4, -0.2) is 38.3 Å². The van der Waals surface area contributed by atoms with Gasteiger partial charge in [-0.05, 0) is 36.4 Å². The summed E-state index contributed by atoms with van der Waals surface area (Å²) in [7, 11) is -4.28. The van der Waals surface area contributed by atoms with Gasteiger partial charge in [-0.1, -0.05) is 23.2 Å². The van der Waals surface area contributed by atoms with E-state index < -0.39 is 33.1 Å². The molecule has 0 radical (unpaired) electrons. The zero-order chi connectivity index (χ0) is 21.3. The summed E-state index contributed by atoms with van der Waals surface area (Å²) in [6.07, 6.45) is 0. The molecule has 1 saturated heterocycles. The Labute approximate surface area is 168 Å². The third-order valence-corrected chi connectivity index (χ3v) is 5.88. The molecule has 2 aromatic rings. The average molecular weight is 428 g/mol. The number of rotatable bonds is 4. The molecule has 0 aromatic heterocycles. The molecule has 1 N–H and O–H groups in total. The van der Waals surface area contributed by atoms with E-state index in [4.69, 9.17) is 30.7 Å². The van der Waals surface area contributed by atoms with Gasteiger partial charge in [0.05, 0.1) is 20.9 Å². The Morgan fingerprint density at radius 3 is 2.78 bits per heavy atom. The molecule has 1 aliphatic rings. The highest BCUT2D eigenvalue weighted by molar-refractivity contribution is 7.89. The number of benzene rings is 2. The topological polar surface area (TPSA) is 99.5 Å². The number of ether oxygens (including phenoxy) is 1. The Hall–Kier alpha value is -2.31. The quantitative estimate of drug-likeness (QED) is 0.808. The van der Waals surface area contributed by atoms with Gasteiger partial charge in [0.15, 0.2) is 0 Å². The number of nitrogens with zero attached hydrogens (tertiary/aromatic N) is 2. The molecule has 1 fully saturated rings. The van der Waals surface area contributed by atoms with Crippen LogP contribution >= 0.6 is 23.2 Å². The number of hydrogen-bond donors (Lipinski definition) is 1. The van der Waals surface area contributed by atoms with Crippen molar-refractivity contribution in [1.82, 2.24) is 9.62 Å². The number of hydrogen-bond acceptors (Lipinski definition) is 5. The van der Waals surface area contributed by atoms with Crippen molar-refractivity contribution < 1.29 is 20.7 Å². The fourth-order valence-corrected chi connectivity index (χ4v) is 4.38. The van der Waals surface area contributed by atoms with Gasteiger partial charge in [-0.3, -0.25) is 4.79 Å². The molecule has 3 rings (SSSR count). The van der Waals surface area contributed by atoms with Crippen LogP contribution in [0, 0.1) is 11.3 Å². The Bertz CT molecular complexity index is 1150. The van der Waals surface area contributed by atoms with Crippen molar-refractivity contribution >= 4 is 39.1 Å². The molecule has 7 nitrogen and oxygen atoms in total. The molecule has 0 spiro atoms. The van der Waals surface area contributed by atoms with Crippen molar-refractivity contribution in [2.75, 3.05) is 19.6 Å². The summed E-state index contributed by atoms with van der Waals surface area (Å²) in [5.41, 5.74) is -0.0717. The minimum Gasteiger partial charge on any atom is -0.456 e. The molecule has 1 aliphatic heterocycles. The SMILES string of the molecule is [2H]c1cc(C#N)cc(S(=O)(=O)N2CCNC(=O)C2)c1Oc1cc(Cl)cc(Cl)c1[2H]. The summed E-state index contributed by atoms with van der Waals surface area (Å²) in [6.45, 7) is -0.260. The molecule has 0 aliphatic carbocycles. The fraction of sp³-hybridized carbons (Fsp3) is 0.176. The van der Waals surface area contributed by atoms with E-state index >= 15 is 0 Å². The Kier molecular flexibility index (Phi) is 4.83. The van der Waals surface area contributed by atoms with E-state index in [9.17, 15) is 18.5 Å². The number of carbonyl (C=O) groups excluding carboxylic acids is 1. The Morgan fingerprint density at radius 2 is 2.07 bits per heavy atom. The summed E-state index contributed by atoms with van der Waals surface area (Å²) < 4.78 is 49.0. The van der Waals surface area contributed by atoms with Crippen LogP contribution in [0.1, 0.15) is 8.30 Å². The highest BCUT2D eigenvalue weighted by Crippen LogP contribution is 2.34. The maximum atomic E-state index is 13.2. The second-order valence-electron chi connectivity index (χ2n) is 5.49. The van der Waals surface area contributed by atoms with Crippen LogP contribution in [-0.2, 0) is 14.8 Å². The minimum atomic E-state index is -4.28. The molecule has 0 unspecified atom stereocenters. The summed E-state index contributed by atoms with van der Waals surface area (Å²) >= 11 is 11.9. The molecule has 140 valence electrons. The lowest BCUT2D eigenvalue weighted by Crippen LogP contribution is -2.49. The van der Waals surface area contributed by atoms with Crippen LogP contribution in [0.3, 0.4) is 0 Å². The maximum absolute atomic E-state index is 13.2. The lowest BCUT2D eigenvalue weighted by atomic mass is 10.2. The van der Waals surface area contributed by atoms with Gasteiger partial charge in [0, 0.05) is 23.1 Å². The summed E-state index contributed by atoms with van der Waals surface area (Å²) in [5.74, 6) is -1.03. The smallest absolute Gasteiger partial charge is 0.247 e. The zero-order valence-electron chi connectivity index (χ0n) is 15.6. The molecular weight excluding hydrogens is 413 g/mol. The molecule has 0 atom stereocenters. The van der Waals surface area contributed by atoms with Gasteiger partial charge in [0.2, 0.25) is 15.9 Å². The molecule has 0 bridgehead atoms. The third kappa shape index (κ3) is 4.34. The third-order valence-electron chi connectivity index (χ3n) is 3.61. The normalized spacial score (nSPS) is 16.1. The number of halogens is 2. The first kappa shape index (κ1) is 16.8. The molecule has 1 heterocycles. The van der Waals surface area contributed by atoms with Crippen molar-refractivity contribution in [2.45, 2.75) is 4.90 Å². The van der Waals surface area contributed by atoms with Crippen LogP contribution < -0.4 is 10.1 Å². The van der Waals surface area contributed by atoms with Gasteiger partial charge in [-0.15, -0.1) is 0 Å². The van der Waals surface area contributed by atoms with Gasteiger partial charge in [0.1, 0.15) is 16.4 Å². The van der Waals surface area contributed by atoms with Gasteiger partial charge in [0.25, 0.3) is 0 Å². The van der Waals surface area contributed by atoms with Crippen LogP contribution in [0.25, 0.3) is 0 Å². The lowest BCUT2D eigenvalue weighted by Gasteiger charge is -2.26. The molecule has 0 saturated carbocycles. The Balaban J connectivity index is 2.16. The van der Waals surface area contributed by atoms with E-state index in [1.807, 2.05) is 0 Å². The van der Waals surface area contributed by atoms with E-state index in [-0.39, 0.29) is 46.5 Å². The van der Waals surface area contributed by atoms with Gasteiger partial charge in [-0.2, -0.15) is 9.57 Å². The maximum Gasteiger partial charge on any atom is 0.247 e. The molecule has 1 amide bonds. The predicted molar refractivity (Wildman–Crippen MR) is 99.5 cm³/mol. The second-order valence-corrected chi connectivity index (χ2v) is 8.24. The second kappa shape index (κ2) is 7.74. The lowest BCUT2D eigenvalue weighted by molar-refractivity contribution is -0.122. The van der Waals surface area contributed by atoms with E-state index in [1.165, 1.54) is 12.1 Å². The largest absolute Gasteiger partial charge is 0.456 e. The summed E-state index contributed by atoms with van der Waals surface area (Å²) in [5, 5.41) is 11.8. The van der Waals surface area contributed by atoms with Crippen LogP contribution in [0.2, 0.25) is 10.0 Å². The number of nitriles is 1. The van der Waals surface area contributed by atoms with Crippen molar-refractivity contribution in [1.29, 1.82) is 5.26 Å². The standard InChI is InChI=1S/C17H13Cl2N3O4S/c18-12-6-13(19)8-14(7-12)26-15-2-1-11(9-20)5-16(15)27(24,25)22-4-3-21-17(23)10-22/h1-2,5-8H,3-4,10H2,(H,21,23)/i2D,7D. The number of carbonyl (C=O) groups is 1. The highest BCUT2D eigenvalue weighted by atomic mass is 35.5. The monoisotopic (exact) mass is 427 g/mol. The number of amides is 1. The van der Waals surface area contributed by atoms with Crippen molar-refractivity contribution in [3.05, 3.63) is 52.0 Å². The zero-order valence-corrected chi connectivity index (χ0v) is 16.0. The van der Waals surface area contributed by atoms with Crippen LogP contribution in [0.5, 0.6) is 11.5 Å². The highest BCUT2D eigenvalue weighted by Gasteiger charge is 2.32. The van der Waals surface area contributed by atoms with Gasteiger partial charge in [-0.25, -0.2) is 8.42 Å². The first-order valence-electron chi connectivity index (χ1n) is 8.58. The van der Waals surface area contributed by atoms with Gasteiger partial charge < -0.3 is 10.1 Å². The molecule has 27 heavy (non-hydrogen) atoms. The first-order chi connectivity index (χ1) is 13.6. The van der Waals surface area contributed by atoms with Crippen LogP contribution in [0.15, 0.2) is 41.2 Å². The minimum absolute atomic E-state index is 0.0182.